The predicted octanol–water partition coefficient (Wildman–Crippen LogP) is 4.26. The molecule has 0 fully saturated rings. The van der Waals surface area contributed by atoms with Crippen LogP contribution in [-0.4, -0.2) is 32.6 Å². The lowest BCUT2D eigenvalue weighted by Crippen LogP contribution is -2.26. The van der Waals surface area contributed by atoms with Crippen molar-refractivity contribution in [3.05, 3.63) is 102 Å². The molecule has 34 heavy (non-hydrogen) atoms. The Kier molecular flexibility index (Phi) is 6.54. The third-order valence-corrected chi connectivity index (χ3v) is 6.20. The van der Waals surface area contributed by atoms with Gasteiger partial charge in [-0.1, -0.05) is 23.2 Å². The highest BCUT2D eigenvalue weighted by molar-refractivity contribution is 6.30. The zero-order valence-corrected chi connectivity index (χ0v) is 20.2. The second-order valence-electron chi connectivity index (χ2n) is 7.87. The minimum absolute atomic E-state index is 0.181. The molecule has 0 atom stereocenters. The van der Waals surface area contributed by atoms with Gasteiger partial charge in [0.05, 0.1) is 24.9 Å². The van der Waals surface area contributed by atoms with E-state index in [1.54, 1.807) is 62.4 Å². The highest BCUT2D eigenvalue weighted by atomic mass is 35.5. The van der Waals surface area contributed by atoms with E-state index in [1.165, 1.54) is 16.5 Å². The molecule has 0 amide bonds. The lowest BCUT2D eigenvalue weighted by molar-refractivity contribution is -0.140. The Morgan fingerprint density at radius 2 is 1.21 bits per heavy atom. The first-order chi connectivity index (χ1) is 16.2. The van der Waals surface area contributed by atoms with Gasteiger partial charge in [0.25, 0.3) is 11.1 Å². The lowest BCUT2D eigenvalue weighted by Gasteiger charge is -2.13. The summed E-state index contributed by atoms with van der Waals surface area (Å²) in [5.41, 5.74) is 2.10. The van der Waals surface area contributed by atoms with Gasteiger partial charge in [0.1, 0.15) is 0 Å². The van der Waals surface area contributed by atoms with Gasteiger partial charge in [0, 0.05) is 38.5 Å². The largest absolute Gasteiger partial charge is 0.469 e. The second-order valence-corrected chi connectivity index (χ2v) is 8.74. The molecule has 0 radical (unpaired) electrons. The van der Waals surface area contributed by atoms with Crippen molar-refractivity contribution < 1.29 is 9.53 Å². The van der Waals surface area contributed by atoms with E-state index in [1.807, 2.05) is 0 Å². The quantitative estimate of drug-likeness (QED) is 0.386. The summed E-state index contributed by atoms with van der Waals surface area (Å²) in [7, 11) is 1.27. The van der Waals surface area contributed by atoms with Gasteiger partial charge in [-0.05, 0) is 62.4 Å². The first-order valence-electron chi connectivity index (χ1n) is 10.4. The Labute approximate surface area is 204 Å². The molecule has 176 valence electrons. The summed E-state index contributed by atoms with van der Waals surface area (Å²) in [6.07, 6.45) is -0.181. The molecule has 0 aliphatic rings. The van der Waals surface area contributed by atoms with E-state index in [-0.39, 0.29) is 17.5 Å². The van der Waals surface area contributed by atoms with Gasteiger partial charge < -0.3 is 4.74 Å². The molecular formula is C24H22Cl2N4O4. The number of ether oxygens (including phenoxy) is 1. The smallest absolute Gasteiger partial charge is 0.306 e. The van der Waals surface area contributed by atoms with Gasteiger partial charge in [0.2, 0.25) is 0 Å². The van der Waals surface area contributed by atoms with Gasteiger partial charge in [-0.15, -0.1) is 0 Å². The number of nitrogens with zero attached hydrogens (tertiary/aromatic N) is 2. The molecule has 0 aliphatic carbocycles. The van der Waals surface area contributed by atoms with E-state index < -0.39 is 11.9 Å². The van der Waals surface area contributed by atoms with Crippen LogP contribution in [0.25, 0.3) is 11.4 Å². The third kappa shape index (κ3) is 4.34. The molecule has 0 saturated carbocycles. The highest BCUT2D eigenvalue weighted by Crippen LogP contribution is 2.29. The van der Waals surface area contributed by atoms with Crippen molar-refractivity contribution >= 4 is 29.2 Å². The van der Waals surface area contributed by atoms with Crippen LogP contribution in [-0.2, 0) is 9.53 Å². The van der Waals surface area contributed by atoms with Gasteiger partial charge >= 0.3 is 5.97 Å². The predicted molar refractivity (Wildman–Crippen MR) is 131 cm³/mol. The Morgan fingerprint density at radius 1 is 0.824 bits per heavy atom. The summed E-state index contributed by atoms with van der Waals surface area (Å²) in [5.74, 6) is -1.37. The average Bonchev–Trinajstić information content (AvgIpc) is 3.27. The molecule has 10 heteroatoms. The van der Waals surface area contributed by atoms with Crippen molar-refractivity contribution in [2.75, 3.05) is 7.11 Å². The number of esters is 1. The summed E-state index contributed by atoms with van der Waals surface area (Å²) >= 11 is 12.0. The molecule has 2 aromatic carbocycles. The SMILES string of the molecule is COC(=O)CC(c1c(C)[nH]n(-c2ccc(Cl)cc2)c1=O)c1c(C)[nH]n(-c2ccc(Cl)cc2)c1=O. The monoisotopic (exact) mass is 500 g/mol. The molecule has 2 heterocycles. The topological polar surface area (TPSA) is 102 Å². The van der Waals surface area contributed by atoms with Crippen LogP contribution in [0.2, 0.25) is 10.0 Å². The van der Waals surface area contributed by atoms with E-state index in [0.29, 0.717) is 43.9 Å². The van der Waals surface area contributed by atoms with Crippen molar-refractivity contribution in [1.29, 1.82) is 0 Å². The fourth-order valence-electron chi connectivity index (χ4n) is 4.08. The molecule has 2 N–H and O–H groups in total. The fourth-order valence-corrected chi connectivity index (χ4v) is 4.33. The molecular weight excluding hydrogens is 479 g/mol. The van der Waals surface area contributed by atoms with Gasteiger partial charge in [0.15, 0.2) is 0 Å². The number of hydrogen-bond donors (Lipinski definition) is 2. The number of nitrogens with one attached hydrogen (secondary N) is 2. The number of aryl methyl sites for hydroxylation is 2. The number of rotatable bonds is 6. The summed E-state index contributed by atoms with van der Waals surface area (Å²) in [5, 5.41) is 7.17. The molecule has 0 aliphatic heterocycles. The van der Waals surface area contributed by atoms with Crippen molar-refractivity contribution in [2.45, 2.75) is 26.2 Å². The molecule has 4 aromatic rings. The maximum absolute atomic E-state index is 13.5. The van der Waals surface area contributed by atoms with Crippen LogP contribution in [0.3, 0.4) is 0 Å². The van der Waals surface area contributed by atoms with Gasteiger partial charge in [-0.25, -0.2) is 9.36 Å². The average molecular weight is 501 g/mol. The minimum Gasteiger partial charge on any atom is -0.469 e. The Hall–Kier alpha value is -3.49. The molecule has 2 aromatic heterocycles. The fraction of sp³-hybridized carbons (Fsp3) is 0.208. The van der Waals surface area contributed by atoms with Crippen molar-refractivity contribution in [2.24, 2.45) is 0 Å². The number of methoxy groups -OCH3 is 1. The van der Waals surface area contributed by atoms with Crippen LogP contribution in [0.1, 0.15) is 34.9 Å². The normalized spacial score (nSPS) is 11.2. The van der Waals surface area contributed by atoms with Gasteiger partial charge in [-0.3, -0.25) is 24.6 Å². The number of carbonyl (C=O) groups excluding carboxylic acids is 1. The lowest BCUT2D eigenvalue weighted by atomic mass is 9.89. The zero-order valence-electron chi connectivity index (χ0n) is 18.7. The Bertz CT molecular complexity index is 1360. The van der Waals surface area contributed by atoms with Crippen LogP contribution in [0.15, 0.2) is 58.1 Å². The van der Waals surface area contributed by atoms with Crippen molar-refractivity contribution in [1.82, 2.24) is 19.6 Å². The van der Waals surface area contributed by atoms with Crippen molar-refractivity contribution in [3.63, 3.8) is 0 Å². The molecule has 0 spiro atoms. The Balaban J connectivity index is 1.89. The summed E-state index contributed by atoms with van der Waals surface area (Å²) in [4.78, 5) is 39.4. The van der Waals surface area contributed by atoms with E-state index in [9.17, 15) is 14.4 Å². The maximum atomic E-state index is 13.5. The number of carbonyl (C=O) groups is 1. The number of halogens is 2. The maximum Gasteiger partial charge on any atom is 0.306 e. The van der Waals surface area contributed by atoms with Crippen LogP contribution < -0.4 is 11.1 Å². The molecule has 0 saturated heterocycles. The van der Waals surface area contributed by atoms with Gasteiger partial charge in [-0.2, -0.15) is 0 Å². The van der Waals surface area contributed by atoms with Crippen LogP contribution in [0, 0.1) is 13.8 Å². The standard InChI is InChI=1S/C24H22Cl2N4O4/c1-13-21(23(32)29(27-13)17-8-4-15(25)5-9-17)19(12-20(31)34-3)22-14(2)28-30(24(22)33)18-10-6-16(26)7-11-18/h4-11,19,27-28H,12H2,1-3H3. The highest BCUT2D eigenvalue weighted by Gasteiger charge is 2.31. The summed E-state index contributed by atoms with van der Waals surface area (Å²) in [6, 6.07) is 13.5. The first kappa shape index (κ1) is 23.7. The van der Waals surface area contributed by atoms with Crippen LogP contribution in [0.5, 0.6) is 0 Å². The van der Waals surface area contributed by atoms with Crippen LogP contribution >= 0.6 is 23.2 Å². The number of aromatic nitrogens is 4. The summed E-state index contributed by atoms with van der Waals surface area (Å²) < 4.78 is 7.62. The van der Waals surface area contributed by atoms with E-state index in [4.69, 9.17) is 27.9 Å². The number of benzene rings is 2. The molecule has 0 bridgehead atoms. The third-order valence-electron chi connectivity index (χ3n) is 5.70. The number of hydrogen-bond acceptors (Lipinski definition) is 4. The van der Waals surface area contributed by atoms with Crippen LogP contribution in [0.4, 0.5) is 0 Å². The first-order valence-corrected chi connectivity index (χ1v) is 11.2. The number of H-pyrrole nitrogens is 2. The van der Waals surface area contributed by atoms with E-state index >= 15 is 0 Å². The Morgan fingerprint density at radius 3 is 1.56 bits per heavy atom. The van der Waals surface area contributed by atoms with E-state index in [0.717, 1.165) is 0 Å². The van der Waals surface area contributed by atoms with Crippen molar-refractivity contribution in [3.8, 4) is 11.4 Å². The number of aromatic amines is 2. The molecule has 8 nitrogen and oxygen atoms in total. The minimum atomic E-state index is -0.831. The summed E-state index contributed by atoms with van der Waals surface area (Å²) in [6.45, 7) is 3.46. The molecule has 0 unspecified atom stereocenters. The zero-order chi connectivity index (χ0) is 24.6. The molecule has 4 rings (SSSR count). The second kappa shape index (κ2) is 9.40. The van der Waals surface area contributed by atoms with E-state index in [2.05, 4.69) is 10.2 Å².